The molecule has 0 saturated heterocycles. The van der Waals surface area contributed by atoms with Crippen molar-refractivity contribution in [3.63, 3.8) is 0 Å². The van der Waals surface area contributed by atoms with E-state index in [4.69, 9.17) is 0 Å². The van der Waals surface area contributed by atoms with Gasteiger partial charge in [0, 0.05) is 28.3 Å². The highest BCUT2D eigenvalue weighted by atomic mass is 79.9. The first-order valence-electron chi connectivity index (χ1n) is 3.89. The lowest BCUT2D eigenvalue weighted by Gasteiger charge is -2.09. The number of aromatic nitrogens is 1. The van der Waals surface area contributed by atoms with Gasteiger partial charge in [-0.05, 0) is 12.5 Å². The molecule has 0 radical (unpaired) electrons. The molecule has 0 saturated carbocycles. The molecule has 0 aliphatic heterocycles. The van der Waals surface area contributed by atoms with Crippen LogP contribution in [0.1, 0.15) is 33.6 Å². The number of aldehydes is 1. The van der Waals surface area contributed by atoms with Crippen molar-refractivity contribution in [2.24, 2.45) is 0 Å². The second-order valence-electron chi connectivity index (χ2n) is 2.74. The molecule has 0 spiro atoms. The average molecular weight is 264 g/mol. The van der Waals surface area contributed by atoms with E-state index >= 15 is 0 Å². The van der Waals surface area contributed by atoms with Crippen LogP contribution in [0.25, 0.3) is 0 Å². The predicted octanol–water partition coefficient (Wildman–Crippen LogP) is 3.04. The van der Waals surface area contributed by atoms with E-state index in [9.17, 15) is 13.6 Å². The zero-order chi connectivity index (χ0) is 10.7. The van der Waals surface area contributed by atoms with E-state index in [1.165, 1.54) is 0 Å². The summed E-state index contributed by atoms with van der Waals surface area (Å²) < 4.78 is 25.0. The molecule has 1 heterocycles. The summed E-state index contributed by atoms with van der Waals surface area (Å²) in [4.78, 5) is 14.4. The number of alkyl halides is 3. The molecular weight excluding hydrogens is 256 g/mol. The number of nitrogens with zero attached hydrogens (tertiary/aromatic N) is 1. The van der Waals surface area contributed by atoms with E-state index in [0.29, 0.717) is 17.5 Å². The lowest BCUT2D eigenvalue weighted by molar-refractivity contribution is 0.112. The molecule has 1 aromatic rings. The van der Waals surface area contributed by atoms with Gasteiger partial charge in [0.25, 0.3) is 6.43 Å². The second kappa shape index (κ2) is 4.59. The Balaban J connectivity index is 3.40. The van der Waals surface area contributed by atoms with E-state index in [-0.39, 0.29) is 16.5 Å². The first kappa shape index (κ1) is 11.2. The van der Waals surface area contributed by atoms with Crippen LogP contribution in [0.15, 0.2) is 6.20 Å². The Morgan fingerprint density at radius 1 is 1.64 bits per heavy atom. The van der Waals surface area contributed by atoms with Gasteiger partial charge in [-0.25, -0.2) is 8.78 Å². The summed E-state index contributed by atoms with van der Waals surface area (Å²) in [6, 6.07) is 0. The summed E-state index contributed by atoms with van der Waals surface area (Å²) in [5, 5.41) is 0.226. The number of pyridine rings is 1. The maximum Gasteiger partial charge on any atom is 0.265 e. The molecule has 0 aliphatic rings. The maximum absolute atomic E-state index is 12.5. The van der Waals surface area contributed by atoms with Crippen LogP contribution < -0.4 is 0 Å². The molecule has 0 bridgehead atoms. The SMILES string of the molecule is Cc1ncc(C(F)F)c(CBr)c1C=O. The van der Waals surface area contributed by atoms with Crippen LogP contribution in [0.4, 0.5) is 8.78 Å². The van der Waals surface area contributed by atoms with Crippen LogP contribution in [0.5, 0.6) is 0 Å². The molecule has 5 heteroatoms. The van der Waals surface area contributed by atoms with Gasteiger partial charge in [-0.2, -0.15) is 0 Å². The molecule has 0 atom stereocenters. The van der Waals surface area contributed by atoms with Crippen molar-refractivity contribution in [3.05, 3.63) is 28.6 Å². The second-order valence-corrected chi connectivity index (χ2v) is 3.30. The molecule has 1 aromatic heterocycles. The standard InChI is InChI=1S/C9H8BrF2NO/c1-5-8(4-14)6(2-10)7(3-13-5)9(11)12/h3-4,9H,2H2,1H3. The topological polar surface area (TPSA) is 30.0 Å². The third-order valence-electron chi connectivity index (χ3n) is 1.95. The van der Waals surface area contributed by atoms with Crippen molar-refractivity contribution in [1.82, 2.24) is 4.98 Å². The van der Waals surface area contributed by atoms with E-state index in [1.807, 2.05) is 0 Å². The minimum Gasteiger partial charge on any atom is -0.298 e. The van der Waals surface area contributed by atoms with Crippen molar-refractivity contribution in [2.75, 3.05) is 0 Å². The summed E-state index contributed by atoms with van der Waals surface area (Å²) in [7, 11) is 0. The first-order chi connectivity index (χ1) is 6.61. The Labute approximate surface area is 88.5 Å². The van der Waals surface area contributed by atoms with Crippen LogP contribution in [-0.2, 0) is 5.33 Å². The zero-order valence-electron chi connectivity index (χ0n) is 7.43. The van der Waals surface area contributed by atoms with Crippen LogP contribution in [0.2, 0.25) is 0 Å². The number of halogens is 3. The van der Waals surface area contributed by atoms with Gasteiger partial charge in [0.2, 0.25) is 0 Å². The number of carbonyl (C=O) groups excluding carboxylic acids is 1. The van der Waals surface area contributed by atoms with Crippen LogP contribution in [0, 0.1) is 6.92 Å². The molecule has 0 fully saturated rings. The molecule has 2 nitrogen and oxygen atoms in total. The Morgan fingerprint density at radius 2 is 2.29 bits per heavy atom. The van der Waals surface area contributed by atoms with E-state index in [1.54, 1.807) is 6.92 Å². The number of aryl methyl sites for hydroxylation is 1. The van der Waals surface area contributed by atoms with Gasteiger partial charge in [-0.1, -0.05) is 15.9 Å². The molecule has 0 amide bonds. The quantitative estimate of drug-likeness (QED) is 0.620. The third kappa shape index (κ3) is 1.97. The highest BCUT2D eigenvalue weighted by molar-refractivity contribution is 9.08. The van der Waals surface area contributed by atoms with Gasteiger partial charge in [0.05, 0.1) is 0 Å². The van der Waals surface area contributed by atoms with Crippen molar-refractivity contribution < 1.29 is 13.6 Å². The van der Waals surface area contributed by atoms with Crippen LogP contribution in [-0.4, -0.2) is 11.3 Å². The molecule has 0 aliphatic carbocycles. The number of hydrogen-bond acceptors (Lipinski definition) is 2. The van der Waals surface area contributed by atoms with E-state index in [0.717, 1.165) is 6.20 Å². The van der Waals surface area contributed by atoms with Crippen LogP contribution in [0.3, 0.4) is 0 Å². The summed E-state index contributed by atoms with van der Waals surface area (Å²) in [6.45, 7) is 1.62. The minimum atomic E-state index is -2.60. The van der Waals surface area contributed by atoms with Crippen molar-refractivity contribution in [3.8, 4) is 0 Å². The van der Waals surface area contributed by atoms with E-state index < -0.39 is 6.43 Å². The number of rotatable bonds is 3. The fraction of sp³-hybridized carbons (Fsp3) is 0.333. The molecule has 1 rings (SSSR count). The summed E-state index contributed by atoms with van der Waals surface area (Å²) in [5.74, 6) is 0. The Morgan fingerprint density at radius 3 is 2.71 bits per heavy atom. The van der Waals surface area contributed by atoms with Gasteiger partial charge in [-0.15, -0.1) is 0 Å². The highest BCUT2D eigenvalue weighted by Crippen LogP contribution is 2.27. The molecule has 0 N–H and O–H groups in total. The molecule has 0 aromatic carbocycles. The Kier molecular flexibility index (Phi) is 3.69. The first-order valence-corrected chi connectivity index (χ1v) is 5.01. The average Bonchev–Trinajstić information content (AvgIpc) is 2.16. The molecule has 0 unspecified atom stereocenters. The van der Waals surface area contributed by atoms with Crippen molar-refractivity contribution in [1.29, 1.82) is 0 Å². The Bertz CT molecular complexity index is 355. The van der Waals surface area contributed by atoms with Crippen molar-refractivity contribution >= 4 is 22.2 Å². The number of hydrogen-bond donors (Lipinski definition) is 0. The predicted molar refractivity (Wildman–Crippen MR) is 51.9 cm³/mol. The van der Waals surface area contributed by atoms with Gasteiger partial charge >= 0.3 is 0 Å². The lowest BCUT2D eigenvalue weighted by atomic mass is 10.0. The smallest absolute Gasteiger partial charge is 0.265 e. The summed E-state index contributed by atoms with van der Waals surface area (Å²) in [6.07, 6.45) is -0.927. The summed E-state index contributed by atoms with van der Waals surface area (Å²) in [5.41, 5.74) is 0.857. The maximum atomic E-state index is 12.5. The van der Waals surface area contributed by atoms with E-state index in [2.05, 4.69) is 20.9 Å². The fourth-order valence-electron chi connectivity index (χ4n) is 1.18. The minimum absolute atomic E-state index is 0.186. The highest BCUT2D eigenvalue weighted by Gasteiger charge is 2.17. The lowest BCUT2D eigenvalue weighted by Crippen LogP contribution is -2.03. The fourth-order valence-corrected chi connectivity index (χ4v) is 1.81. The number of carbonyl (C=O) groups is 1. The Hall–Kier alpha value is -0.840. The van der Waals surface area contributed by atoms with Gasteiger partial charge in [-0.3, -0.25) is 9.78 Å². The molecular formula is C9H8BrF2NO. The monoisotopic (exact) mass is 263 g/mol. The van der Waals surface area contributed by atoms with Gasteiger partial charge in [0.1, 0.15) is 0 Å². The van der Waals surface area contributed by atoms with Gasteiger partial charge in [0.15, 0.2) is 6.29 Å². The molecule has 14 heavy (non-hydrogen) atoms. The molecule has 76 valence electrons. The van der Waals surface area contributed by atoms with Crippen molar-refractivity contribution in [2.45, 2.75) is 18.7 Å². The largest absolute Gasteiger partial charge is 0.298 e. The third-order valence-corrected chi connectivity index (χ3v) is 2.51. The van der Waals surface area contributed by atoms with Gasteiger partial charge < -0.3 is 0 Å². The summed E-state index contributed by atoms with van der Waals surface area (Å²) >= 11 is 3.08. The normalized spacial score (nSPS) is 10.6. The van der Waals surface area contributed by atoms with Crippen LogP contribution >= 0.6 is 15.9 Å². The zero-order valence-corrected chi connectivity index (χ0v) is 9.01.